The molecule has 4 rings (SSSR count). The third-order valence-electron chi connectivity index (χ3n) is 4.61. The first-order valence-corrected chi connectivity index (χ1v) is 8.38. The van der Waals surface area contributed by atoms with Crippen LogP contribution in [0.2, 0.25) is 0 Å². The summed E-state index contributed by atoms with van der Waals surface area (Å²) in [7, 11) is 0. The standard InChI is InChI=1S/C18H20N4O2/c1-12-9-15(18(23)19-10-14-7-4-8-24-14)16-11-20-22(17(16)21-12)13-5-2-3-6-13/h4,7-9,11,13H,2-3,5-6,10H2,1H3,(H,19,23). The molecule has 0 bridgehead atoms. The van der Waals surface area contributed by atoms with Gasteiger partial charge < -0.3 is 9.73 Å². The fraction of sp³-hybridized carbons (Fsp3) is 0.389. The molecule has 0 aliphatic heterocycles. The molecule has 1 aliphatic rings. The van der Waals surface area contributed by atoms with E-state index in [9.17, 15) is 4.79 Å². The molecular weight excluding hydrogens is 304 g/mol. The van der Waals surface area contributed by atoms with Crippen molar-refractivity contribution in [3.63, 3.8) is 0 Å². The molecule has 6 nitrogen and oxygen atoms in total. The van der Waals surface area contributed by atoms with Crippen LogP contribution in [0.1, 0.15) is 53.5 Å². The maximum atomic E-state index is 12.6. The predicted octanol–water partition coefficient (Wildman–Crippen LogP) is 3.38. The lowest BCUT2D eigenvalue weighted by molar-refractivity contribution is 0.0949. The topological polar surface area (TPSA) is 73.0 Å². The Morgan fingerprint density at radius 2 is 2.25 bits per heavy atom. The van der Waals surface area contributed by atoms with Gasteiger partial charge >= 0.3 is 0 Å². The molecule has 24 heavy (non-hydrogen) atoms. The van der Waals surface area contributed by atoms with E-state index >= 15 is 0 Å². The minimum Gasteiger partial charge on any atom is -0.467 e. The maximum Gasteiger partial charge on any atom is 0.252 e. The Kier molecular flexibility index (Phi) is 3.80. The molecule has 3 aromatic heterocycles. The van der Waals surface area contributed by atoms with E-state index < -0.39 is 0 Å². The largest absolute Gasteiger partial charge is 0.467 e. The van der Waals surface area contributed by atoms with Gasteiger partial charge in [-0.25, -0.2) is 9.67 Å². The highest BCUT2D eigenvalue weighted by Crippen LogP contribution is 2.31. The Morgan fingerprint density at radius 1 is 1.42 bits per heavy atom. The van der Waals surface area contributed by atoms with E-state index in [-0.39, 0.29) is 5.91 Å². The van der Waals surface area contributed by atoms with Crippen LogP contribution in [0.3, 0.4) is 0 Å². The molecule has 0 aromatic carbocycles. The van der Waals surface area contributed by atoms with E-state index in [1.54, 1.807) is 12.5 Å². The van der Waals surface area contributed by atoms with Crippen LogP contribution in [-0.2, 0) is 6.54 Å². The van der Waals surface area contributed by atoms with Gasteiger partial charge in [-0.05, 0) is 38.0 Å². The molecule has 0 spiro atoms. The normalized spacial score (nSPS) is 15.2. The second-order valence-electron chi connectivity index (χ2n) is 6.34. The zero-order valence-electron chi connectivity index (χ0n) is 13.7. The average Bonchev–Trinajstić information content (AvgIpc) is 3.31. The van der Waals surface area contributed by atoms with Crippen LogP contribution in [0, 0.1) is 6.92 Å². The molecule has 6 heteroatoms. The van der Waals surface area contributed by atoms with Crippen LogP contribution in [0.15, 0.2) is 35.1 Å². The second-order valence-corrected chi connectivity index (χ2v) is 6.34. The van der Waals surface area contributed by atoms with E-state index in [0.29, 0.717) is 18.2 Å². The molecule has 3 heterocycles. The summed E-state index contributed by atoms with van der Waals surface area (Å²) in [5.41, 5.74) is 2.25. The number of hydrogen-bond donors (Lipinski definition) is 1. The molecule has 1 N–H and O–H groups in total. The maximum absolute atomic E-state index is 12.6. The number of rotatable bonds is 4. The number of carbonyl (C=O) groups excluding carboxylic acids is 1. The van der Waals surface area contributed by atoms with Crippen LogP contribution in [0.5, 0.6) is 0 Å². The van der Waals surface area contributed by atoms with Crippen molar-refractivity contribution in [3.05, 3.63) is 47.7 Å². The van der Waals surface area contributed by atoms with Crippen molar-refractivity contribution in [1.29, 1.82) is 0 Å². The molecule has 1 saturated carbocycles. The van der Waals surface area contributed by atoms with Crippen molar-refractivity contribution >= 4 is 16.9 Å². The summed E-state index contributed by atoms with van der Waals surface area (Å²) in [4.78, 5) is 17.3. The third-order valence-corrected chi connectivity index (χ3v) is 4.61. The number of aryl methyl sites for hydroxylation is 1. The predicted molar refractivity (Wildman–Crippen MR) is 89.6 cm³/mol. The number of pyridine rings is 1. The summed E-state index contributed by atoms with van der Waals surface area (Å²) in [5, 5.41) is 8.24. The van der Waals surface area contributed by atoms with Crippen molar-refractivity contribution in [2.24, 2.45) is 0 Å². The second kappa shape index (κ2) is 6.11. The molecule has 0 atom stereocenters. The Hall–Kier alpha value is -2.63. The number of aromatic nitrogens is 3. The van der Waals surface area contributed by atoms with E-state index in [1.165, 1.54) is 12.8 Å². The van der Waals surface area contributed by atoms with Gasteiger partial charge in [-0.3, -0.25) is 4.79 Å². The summed E-state index contributed by atoms with van der Waals surface area (Å²) < 4.78 is 7.26. The molecule has 1 aliphatic carbocycles. The number of carbonyl (C=O) groups is 1. The number of nitrogens with zero attached hydrogens (tertiary/aromatic N) is 3. The zero-order valence-corrected chi connectivity index (χ0v) is 13.7. The fourth-order valence-electron chi connectivity index (χ4n) is 3.42. The first-order chi connectivity index (χ1) is 11.7. The van der Waals surface area contributed by atoms with Gasteiger partial charge in [-0.15, -0.1) is 0 Å². The molecule has 1 amide bonds. The smallest absolute Gasteiger partial charge is 0.252 e. The van der Waals surface area contributed by atoms with Crippen molar-refractivity contribution < 1.29 is 9.21 Å². The highest BCUT2D eigenvalue weighted by molar-refractivity contribution is 6.05. The van der Waals surface area contributed by atoms with Crippen molar-refractivity contribution in [1.82, 2.24) is 20.1 Å². The Labute approximate surface area is 139 Å². The first kappa shape index (κ1) is 14.9. The Morgan fingerprint density at radius 3 is 3.00 bits per heavy atom. The Bertz CT molecular complexity index is 861. The lowest BCUT2D eigenvalue weighted by atomic mass is 10.1. The van der Waals surface area contributed by atoms with Gasteiger partial charge in [0, 0.05) is 5.69 Å². The SMILES string of the molecule is Cc1cc(C(=O)NCc2ccco2)c2cnn(C3CCCC3)c2n1. The van der Waals surface area contributed by atoms with Crippen molar-refractivity contribution in [2.75, 3.05) is 0 Å². The van der Waals surface area contributed by atoms with Crippen LogP contribution >= 0.6 is 0 Å². The van der Waals surface area contributed by atoms with E-state index in [0.717, 1.165) is 35.3 Å². The van der Waals surface area contributed by atoms with E-state index in [2.05, 4.69) is 15.4 Å². The minimum absolute atomic E-state index is 0.132. The molecule has 124 valence electrons. The molecule has 0 radical (unpaired) electrons. The monoisotopic (exact) mass is 324 g/mol. The van der Waals surface area contributed by atoms with Gasteiger partial charge in [0.15, 0.2) is 5.65 Å². The van der Waals surface area contributed by atoms with E-state index in [1.807, 2.05) is 29.8 Å². The average molecular weight is 324 g/mol. The summed E-state index contributed by atoms with van der Waals surface area (Å²) >= 11 is 0. The van der Waals surface area contributed by atoms with Crippen LogP contribution in [-0.4, -0.2) is 20.7 Å². The first-order valence-electron chi connectivity index (χ1n) is 8.38. The Balaban J connectivity index is 1.66. The highest BCUT2D eigenvalue weighted by Gasteiger charge is 2.22. The summed E-state index contributed by atoms with van der Waals surface area (Å²) in [6.45, 7) is 2.28. The molecule has 1 fully saturated rings. The lowest BCUT2D eigenvalue weighted by Crippen LogP contribution is -2.23. The van der Waals surface area contributed by atoms with Crippen LogP contribution in [0.4, 0.5) is 0 Å². The number of fused-ring (bicyclic) bond motifs is 1. The zero-order chi connectivity index (χ0) is 16.5. The van der Waals surface area contributed by atoms with Gasteiger partial charge in [0.2, 0.25) is 0 Å². The molecular formula is C18H20N4O2. The van der Waals surface area contributed by atoms with Crippen LogP contribution < -0.4 is 5.32 Å². The highest BCUT2D eigenvalue weighted by atomic mass is 16.3. The van der Waals surface area contributed by atoms with Crippen LogP contribution in [0.25, 0.3) is 11.0 Å². The summed E-state index contributed by atoms with van der Waals surface area (Å²) in [6, 6.07) is 5.87. The lowest BCUT2D eigenvalue weighted by Gasteiger charge is -2.11. The van der Waals surface area contributed by atoms with Gasteiger partial charge in [0.25, 0.3) is 5.91 Å². The molecule has 3 aromatic rings. The molecule has 0 unspecified atom stereocenters. The van der Waals surface area contributed by atoms with Gasteiger partial charge in [0.05, 0.1) is 36.0 Å². The number of furan rings is 1. The quantitative estimate of drug-likeness (QED) is 0.798. The number of hydrogen-bond acceptors (Lipinski definition) is 4. The van der Waals surface area contributed by atoms with Crippen molar-refractivity contribution in [3.8, 4) is 0 Å². The minimum atomic E-state index is -0.132. The van der Waals surface area contributed by atoms with E-state index in [4.69, 9.17) is 4.42 Å². The number of amides is 1. The van der Waals surface area contributed by atoms with Gasteiger partial charge in [0.1, 0.15) is 5.76 Å². The summed E-state index contributed by atoms with van der Waals surface area (Å²) in [5.74, 6) is 0.597. The molecule has 0 saturated heterocycles. The third kappa shape index (κ3) is 2.68. The van der Waals surface area contributed by atoms with Crippen molar-refractivity contribution in [2.45, 2.75) is 45.2 Å². The van der Waals surface area contributed by atoms with Gasteiger partial charge in [-0.1, -0.05) is 12.8 Å². The summed E-state index contributed by atoms with van der Waals surface area (Å²) in [6.07, 6.45) is 8.09. The van der Waals surface area contributed by atoms with Gasteiger partial charge in [-0.2, -0.15) is 5.10 Å². The number of nitrogens with one attached hydrogen (secondary N) is 1. The fourth-order valence-corrected chi connectivity index (χ4v) is 3.42.